The Morgan fingerprint density at radius 2 is 0.836 bits per heavy atom. The lowest BCUT2D eigenvalue weighted by Crippen LogP contribution is -2.45. The standard InChI is InChI=1S/C64H111N2O6P/c1-6-8-10-12-14-16-18-20-22-24-26-28-30-31-32-33-34-35-36-38-40-42-44-46-48-50-52-54-56-58-64(68)65-62(61-72-73(69,70)71-60-59-66(3,4)5)63(67)57-55-53-51-49-47-45-43-41-39-37-29-27-25-23-21-19-17-15-13-11-9-7-2/h8,10,14,16,20,22,26,28,31-32,34-35,38,40,44,46,50,52,55,57,62-63,67H,6-7,9,11-13,15,17-19,21,23-25,27,29-30,33,36-37,39,41-43,45,47-49,51,53-54,56,58-61H2,1-5H3,(H-,65,68,69,70)/b10-8-,16-14-,22-20-,28-26-,32-31-,35-34-,40-38-,46-44-,52-50-,57-55+. The summed E-state index contributed by atoms with van der Waals surface area (Å²) in [5, 5.41) is 13.9. The Bertz CT molecular complexity index is 1600. The van der Waals surface area contributed by atoms with E-state index in [9.17, 15) is 19.4 Å². The minimum atomic E-state index is -4.62. The van der Waals surface area contributed by atoms with Crippen LogP contribution in [0.2, 0.25) is 0 Å². The Morgan fingerprint density at radius 3 is 1.21 bits per heavy atom. The predicted octanol–water partition coefficient (Wildman–Crippen LogP) is 17.5. The maximum atomic E-state index is 13.0. The fraction of sp³-hybridized carbons (Fsp3) is 0.672. The van der Waals surface area contributed by atoms with Gasteiger partial charge in [-0.1, -0.05) is 257 Å². The first-order valence-corrected chi connectivity index (χ1v) is 30.9. The lowest BCUT2D eigenvalue weighted by atomic mass is 10.0. The number of aliphatic hydroxyl groups excluding tert-OH is 1. The van der Waals surface area contributed by atoms with Crippen molar-refractivity contribution in [2.75, 3.05) is 40.9 Å². The van der Waals surface area contributed by atoms with Gasteiger partial charge in [0.05, 0.1) is 39.9 Å². The SMILES string of the molecule is CC/C=C\C/C=C\C/C=C\C/C=C\C/C=C\C/C=C\C/C=C\C/C=C\C/C=C\CCCC(=O)NC(COP(=O)([O-])OCC[N+](C)(C)C)C(O)/C=C/CCCCCCCCCCCCCCCCCCCCCC. The summed E-state index contributed by atoms with van der Waals surface area (Å²) in [7, 11) is 1.21. The molecule has 0 aromatic rings. The van der Waals surface area contributed by atoms with Crippen LogP contribution in [0.25, 0.3) is 0 Å². The second kappa shape index (κ2) is 53.7. The van der Waals surface area contributed by atoms with E-state index in [4.69, 9.17) is 9.05 Å². The van der Waals surface area contributed by atoms with E-state index in [0.29, 0.717) is 17.4 Å². The largest absolute Gasteiger partial charge is 0.756 e. The Morgan fingerprint density at radius 1 is 0.493 bits per heavy atom. The second-order valence-corrected chi connectivity index (χ2v) is 22.0. The van der Waals surface area contributed by atoms with Crippen LogP contribution in [0.3, 0.4) is 0 Å². The number of quaternary nitrogens is 1. The zero-order chi connectivity index (χ0) is 53.5. The summed E-state index contributed by atoms with van der Waals surface area (Å²) in [6, 6.07) is -0.928. The Hall–Kier alpha value is -3.10. The summed E-state index contributed by atoms with van der Waals surface area (Å²) in [6.45, 7) is 4.49. The maximum absolute atomic E-state index is 13.0. The highest BCUT2D eigenvalue weighted by Gasteiger charge is 2.23. The van der Waals surface area contributed by atoms with Gasteiger partial charge in [0.25, 0.3) is 7.82 Å². The van der Waals surface area contributed by atoms with Gasteiger partial charge in [-0.3, -0.25) is 9.36 Å². The first-order chi connectivity index (χ1) is 35.5. The van der Waals surface area contributed by atoms with E-state index in [1.165, 1.54) is 116 Å². The summed E-state index contributed by atoms with van der Waals surface area (Å²) < 4.78 is 23.3. The average molecular weight is 1040 g/mol. The van der Waals surface area contributed by atoms with Crippen molar-refractivity contribution in [2.45, 2.75) is 238 Å². The smallest absolute Gasteiger partial charge is 0.268 e. The zero-order valence-electron chi connectivity index (χ0n) is 47.5. The molecule has 0 aromatic carbocycles. The minimum Gasteiger partial charge on any atom is -0.756 e. The molecule has 0 bridgehead atoms. The van der Waals surface area contributed by atoms with Crippen LogP contribution in [-0.2, 0) is 18.4 Å². The van der Waals surface area contributed by atoms with Crippen molar-refractivity contribution in [3.05, 3.63) is 122 Å². The maximum Gasteiger partial charge on any atom is 0.268 e. The summed E-state index contributed by atoms with van der Waals surface area (Å²) in [6.07, 6.45) is 80.0. The van der Waals surface area contributed by atoms with E-state index >= 15 is 0 Å². The number of unbranched alkanes of at least 4 members (excludes halogenated alkanes) is 21. The van der Waals surface area contributed by atoms with Crippen molar-refractivity contribution >= 4 is 13.7 Å². The molecule has 0 spiro atoms. The van der Waals surface area contributed by atoms with Crippen LogP contribution in [0.5, 0.6) is 0 Å². The molecule has 0 aliphatic rings. The molecule has 0 heterocycles. The number of phosphoric ester groups is 1. The molecule has 0 saturated heterocycles. The number of carbonyl (C=O) groups is 1. The molecular formula is C64H111N2O6P. The first kappa shape index (κ1) is 69.9. The van der Waals surface area contributed by atoms with Gasteiger partial charge in [0.1, 0.15) is 13.2 Å². The van der Waals surface area contributed by atoms with Gasteiger partial charge < -0.3 is 28.8 Å². The Labute approximate surface area is 450 Å². The molecule has 0 saturated carbocycles. The number of carbonyl (C=O) groups excluding carboxylic acids is 1. The number of aliphatic hydroxyl groups is 1. The highest BCUT2D eigenvalue weighted by Crippen LogP contribution is 2.38. The fourth-order valence-corrected chi connectivity index (χ4v) is 8.58. The van der Waals surface area contributed by atoms with Crippen molar-refractivity contribution in [1.29, 1.82) is 0 Å². The van der Waals surface area contributed by atoms with Gasteiger partial charge in [-0.15, -0.1) is 0 Å². The summed E-state index contributed by atoms with van der Waals surface area (Å²) >= 11 is 0. The van der Waals surface area contributed by atoms with Crippen molar-refractivity contribution in [1.82, 2.24) is 5.32 Å². The molecule has 418 valence electrons. The van der Waals surface area contributed by atoms with E-state index in [1.807, 2.05) is 27.2 Å². The van der Waals surface area contributed by atoms with E-state index in [1.54, 1.807) is 6.08 Å². The van der Waals surface area contributed by atoms with Gasteiger partial charge in [-0.25, -0.2) is 0 Å². The molecule has 0 fully saturated rings. The minimum absolute atomic E-state index is 0.0185. The van der Waals surface area contributed by atoms with Crippen LogP contribution >= 0.6 is 7.82 Å². The number of phosphoric acid groups is 1. The molecule has 0 radical (unpaired) electrons. The van der Waals surface area contributed by atoms with Crippen LogP contribution < -0.4 is 10.2 Å². The van der Waals surface area contributed by atoms with Gasteiger partial charge in [0.15, 0.2) is 0 Å². The van der Waals surface area contributed by atoms with Crippen LogP contribution in [0, 0.1) is 0 Å². The van der Waals surface area contributed by atoms with Crippen LogP contribution in [0.4, 0.5) is 0 Å². The molecule has 0 aliphatic heterocycles. The molecule has 73 heavy (non-hydrogen) atoms. The number of nitrogens with zero attached hydrogens (tertiary/aromatic N) is 1. The third kappa shape index (κ3) is 56.5. The number of nitrogens with one attached hydrogen (secondary N) is 1. The topological polar surface area (TPSA) is 108 Å². The normalized spacial score (nSPS) is 14.8. The molecule has 0 aliphatic carbocycles. The molecule has 0 rings (SSSR count). The fourth-order valence-electron chi connectivity index (χ4n) is 7.86. The zero-order valence-corrected chi connectivity index (χ0v) is 48.4. The number of likely N-dealkylation sites (N-methyl/N-ethyl adjacent to an activating group) is 1. The van der Waals surface area contributed by atoms with Crippen LogP contribution in [0.15, 0.2) is 122 Å². The lowest BCUT2D eigenvalue weighted by Gasteiger charge is -2.29. The molecule has 3 atom stereocenters. The number of rotatable bonds is 52. The van der Waals surface area contributed by atoms with Gasteiger partial charge in [-0.2, -0.15) is 0 Å². The summed E-state index contributed by atoms with van der Waals surface area (Å²) in [4.78, 5) is 25.5. The third-order valence-corrected chi connectivity index (χ3v) is 13.4. The van der Waals surface area contributed by atoms with Gasteiger partial charge in [0.2, 0.25) is 5.91 Å². The second-order valence-electron chi connectivity index (χ2n) is 20.6. The van der Waals surface area contributed by atoms with Crippen LogP contribution in [-0.4, -0.2) is 68.5 Å². The highest BCUT2D eigenvalue weighted by molar-refractivity contribution is 7.45. The molecule has 0 aromatic heterocycles. The highest BCUT2D eigenvalue weighted by atomic mass is 31.2. The number of hydrogen-bond donors (Lipinski definition) is 2. The number of amides is 1. The summed E-state index contributed by atoms with van der Waals surface area (Å²) in [5.74, 6) is -0.258. The van der Waals surface area contributed by atoms with Crippen molar-refractivity contribution < 1.29 is 32.9 Å². The molecular weight excluding hydrogens is 924 g/mol. The van der Waals surface area contributed by atoms with Crippen LogP contribution in [0.1, 0.15) is 226 Å². The predicted molar refractivity (Wildman–Crippen MR) is 315 cm³/mol. The van der Waals surface area contributed by atoms with Crippen molar-refractivity contribution in [3.8, 4) is 0 Å². The molecule has 1 amide bonds. The van der Waals surface area contributed by atoms with E-state index in [2.05, 4.69) is 129 Å². The monoisotopic (exact) mass is 1030 g/mol. The van der Waals surface area contributed by atoms with Gasteiger partial charge in [-0.05, 0) is 83.5 Å². The van der Waals surface area contributed by atoms with E-state index in [0.717, 1.165) is 83.5 Å². The molecule has 9 heteroatoms. The average Bonchev–Trinajstić information content (AvgIpc) is 3.35. The Kier molecular flexibility index (Phi) is 51.4. The number of hydrogen-bond acceptors (Lipinski definition) is 6. The van der Waals surface area contributed by atoms with E-state index in [-0.39, 0.29) is 18.9 Å². The van der Waals surface area contributed by atoms with Crippen molar-refractivity contribution in [2.24, 2.45) is 0 Å². The van der Waals surface area contributed by atoms with Gasteiger partial charge in [0, 0.05) is 6.42 Å². The first-order valence-electron chi connectivity index (χ1n) is 29.4. The third-order valence-electron chi connectivity index (χ3n) is 12.4. The molecule has 8 nitrogen and oxygen atoms in total. The lowest BCUT2D eigenvalue weighted by molar-refractivity contribution is -0.870. The van der Waals surface area contributed by atoms with E-state index < -0.39 is 26.6 Å². The molecule has 3 unspecified atom stereocenters. The summed E-state index contributed by atoms with van der Waals surface area (Å²) in [5.41, 5.74) is 0. The van der Waals surface area contributed by atoms with Gasteiger partial charge >= 0.3 is 0 Å². The quantitative estimate of drug-likeness (QED) is 0.0272. The molecule has 2 N–H and O–H groups in total. The number of allylic oxidation sites excluding steroid dienone is 19. The Balaban J connectivity index is 4.37. The van der Waals surface area contributed by atoms with Crippen molar-refractivity contribution in [3.63, 3.8) is 0 Å².